The van der Waals surface area contributed by atoms with Crippen LogP contribution in [0.5, 0.6) is 0 Å². The first kappa shape index (κ1) is 18.8. The Balaban J connectivity index is 1.28. The molecule has 1 aromatic carbocycles. The fourth-order valence-electron chi connectivity index (χ4n) is 3.43. The summed E-state index contributed by atoms with van der Waals surface area (Å²) >= 11 is 1.60. The van der Waals surface area contributed by atoms with Crippen LogP contribution in [0.25, 0.3) is 10.7 Å². The van der Waals surface area contributed by atoms with E-state index in [4.69, 9.17) is 4.52 Å². The van der Waals surface area contributed by atoms with Crippen molar-refractivity contribution in [1.82, 2.24) is 15.0 Å². The topological polar surface area (TPSA) is 71.3 Å². The molecule has 1 aliphatic rings. The first-order valence-electron chi connectivity index (χ1n) is 9.55. The molecular formula is C21H24N4O2S. The van der Waals surface area contributed by atoms with Gasteiger partial charge in [-0.1, -0.05) is 17.3 Å². The summed E-state index contributed by atoms with van der Waals surface area (Å²) in [5, 5.41) is 9.13. The number of carbonyl (C=O) groups excluding carboxylic acids is 1. The van der Waals surface area contributed by atoms with E-state index in [2.05, 4.69) is 34.2 Å². The number of aryl methyl sites for hydroxylation is 2. The highest BCUT2D eigenvalue weighted by Gasteiger charge is 2.26. The summed E-state index contributed by atoms with van der Waals surface area (Å²) in [6.45, 7) is 6.46. The number of benzene rings is 1. The molecule has 3 aromatic rings. The van der Waals surface area contributed by atoms with Crippen molar-refractivity contribution < 1.29 is 9.32 Å². The highest BCUT2D eigenvalue weighted by Crippen LogP contribution is 2.24. The molecule has 0 atom stereocenters. The number of nitrogens with zero attached hydrogens (tertiary/aromatic N) is 3. The molecule has 1 aliphatic heterocycles. The molecule has 2 aromatic heterocycles. The van der Waals surface area contributed by atoms with Gasteiger partial charge in [0.15, 0.2) is 0 Å². The Morgan fingerprint density at radius 1 is 1.25 bits per heavy atom. The maximum Gasteiger partial charge on any atom is 0.241 e. The van der Waals surface area contributed by atoms with Crippen molar-refractivity contribution in [3.05, 3.63) is 52.7 Å². The standard InChI is InChI=1S/C21H24N4O2S/c1-14-5-6-17(12-15(14)2)22-21(26)16-7-9-25(10-8-16)13-19-23-20(24-27-19)18-4-3-11-28-18/h3-6,11-12,16H,7-10,13H2,1-2H3,(H,22,26). The number of likely N-dealkylation sites (tertiary alicyclic amines) is 1. The van der Waals surface area contributed by atoms with Crippen LogP contribution in [0.3, 0.4) is 0 Å². The highest BCUT2D eigenvalue weighted by atomic mass is 32.1. The molecule has 0 bridgehead atoms. The average molecular weight is 397 g/mol. The van der Waals surface area contributed by atoms with Crippen LogP contribution >= 0.6 is 11.3 Å². The van der Waals surface area contributed by atoms with E-state index in [0.717, 1.165) is 36.5 Å². The largest absolute Gasteiger partial charge is 0.338 e. The van der Waals surface area contributed by atoms with Crippen molar-refractivity contribution >= 4 is 22.9 Å². The molecule has 1 fully saturated rings. The van der Waals surface area contributed by atoms with E-state index in [1.165, 1.54) is 11.1 Å². The van der Waals surface area contributed by atoms with Crippen LogP contribution in [-0.2, 0) is 11.3 Å². The minimum absolute atomic E-state index is 0.0437. The zero-order chi connectivity index (χ0) is 19.5. The van der Waals surface area contributed by atoms with Crippen LogP contribution < -0.4 is 5.32 Å². The molecule has 0 spiro atoms. The van der Waals surface area contributed by atoms with Gasteiger partial charge in [0.05, 0.1) is 11.4 Å². The van der Waals surface area contributed by atoms with Crippen molar-refractivity contribution in [2.45, 2.75) is 33.2 Å². The predicted octanol–water partition coefficient (Wildman–Crippen LogP) is 4.27. The maximum absolute atomic E-state index is 12.6. The molecule has 6 nitrogen and oxygen atoms in total. The van der Waals surface area contributed by atoms with Crippen LogP contribution in [0.4, 0.5) is 5.69 Å². The fraction of sp³-hybridized carbons (Fsp3) is 0.381. The minimum atomic E-state index is 0.0437. The Hall–Kier alpha value is -2.51. The summed E-state index contributed by atoms with van der Waals surface area (Å²) in [5.41, 5.74) is 3.30. The minimum Gasteiger partial charge on any atom is -0.338 e. The molecule has 1 N–H and O–H groups in total. The molecule has 3 heterocycles. The fourth-order valence-corrected chi connectivity index (χ4v) is 4.08. The van der Waals surface area contributed by atoms with Crippen molar-refractivity contribution in [2.75, 3.05) is 18.4 Å². The van der Waals surface area contributed by atoms with Gasteiger partial charge in [-0.2, -0.15) is 4.98 Å². The zero-order valence-electron chi connectivity index (χ0n) is 16.1. The Morgan fingerprint density at radius 3 is 2.79 bits per heavy atom. The number of amides is 1. The van der Waals surface area contributed by atoms with Gasteiger partial charge < -0.3 is 9.84 Å². The van der Waals surface area contributed by atoms with Crippen molar-refractivity contribution in [1.29, 1.82) is 0 Å². The van der Waals surface area contributed by atoms with Gasteiger partial charge in [0.25, 0.3) is 0 Å². The SMILES string of the molecule is Cc1ccc(NC(=O)C2CCN(Cc3nc(-c4cccs4)no3)CC2)cc1C. The number of hydrogen-bond donors (Lipinski definition) is 1. The lowest BCUT2D eigenvalue weighted by atomic mass is 9.95. The van der Waals surface area contributed by atoms with Crippen LogP contribution in [0.1, 0.15) is 29.9 Å². The van der Waals surface area contributed by atoms with Crippen LogP contribution in [-0.4, -0.2) is 34.0 Å². The van der Waals surface area contributed by atoms with Gasteiger partial charge >= 0.3 is 0 Å². The van der Waals surface area contributed by atoms with E-state index < -0.39 is 0 Å². The van der Waals surface area contributed by atoms with E-state index in [1.54, 1.807) is 11.3 Å². The second-order valence-electron chi connectivity index (χ2n) is 7.33. The van der Waals surface area contributed by atoms with Crippen molar-refractivity contribution in [2.24, 2.45) is 5.92 Å². The molecule has 0 radical (unpaired) electrons. The second-order valence-corrected chi connectivity index (χ2v) is 8.28. The highest BCUT2D eigenvalue weighted by molar-refractivity contribution is 7.13. The van der Waals surface area contributed by atoms with Gasteiger partial charge in [0, 0.05) is 11.6 Å². The van der Waals surface area contributed by atoms with Gasteiger partial charge in [0.1, 0.15) is 0 Å². The summed E-state index contributed by atoms with van der Waals surface area (Å²) in [4.78, 5) is 20.4. The van der Waals surface area contributed by atoms with Crippen LogP contribution in [0.2, 0.25) is 0 Å². The summed E-state index contributed by atoms with van der Waals surface area (Å²) in [7, 11) is 0. The molecule has 0 unspecified atom stereocenters. The third-order valence-corrected chi connectivity index (χ3v) is 6.17. The van der Waals surface area contributed by atoms with Crippen LogP contribution in [0, 0.1) is 19.8 Å². The van der Waals surface area contributed by atoms with E-state index in [9.17, 15) is 4.79 Å². The number of aromatic nitrogens is 2. The van der Waals surface area contributed by atoms with Gasteiger partial charge in [-0.25, -0.2) is 0 Å². The first-order chi connectivity index (χ1) is 13.6. The lowest BCUT2D eigenvalue weighted by molar-refractivity contribution is -0.121. The smallest absolute Gasteiger partial charge is 0.241 e. The molecule has 28 heavy (non-hydrogen) atoms. The lowest BCUT2D eigenvalue weighted by Gasteiger charge is -2.30. The quantitative estimate of drug-likeness (QED) is 0.697. The Morgan fingerprint density at radius 2 is 2.07 bits per heavy atom. The van der Waals surface area contributed by atoms with Gasteiger partial charge in [-0.15, -0.1) is 11.3 Å². The monoisotopic (exact) mass is 396 g/mol. The Bertz CT molecular complexity index is 943. The number of piperidine rings is 1. The zero-order valence-corrected chi connectivity index (χ0v) is 17.0. The number of nitrogens with one attached hydrogen (secondary N) is 1. The summed E-state index contributed by atoms with van der Waals surface area (Å²) in [6, 6.07) is 10.0. The molecule has 1 saturated heterocycles. The van der Waals surface area contributed by atoms with E-state index in [1.807, 2.05) is 35.7 Å². The number of carbonyl (C=O) groups is 1. The molecule has 1 amide bonds. The molecule has 7 heteroatoms. The van der Waals surface area contributed by atoms with Gasteiger partial charge in [0.2, 0.25) is 17.6 Å². The first-order valence-corrected chi connectivity index (χ1v) is 10.4. The Kier molecular flexibility index (Phi) is 5.54. The van der Waals surface area contributed by atoms with E-state index in [0.29, 0.717) is 18.3 Å². The van der Waals surface area contributed by atoms with Gasteiger partial charge in [-0.05, 0) is 74.5 Å². The van der Waals surface area contributed by atoms with Gasteiger partial charge in [-0.3, -0.25) is 9.69 Å². The third kappa shape index (κ3) is 4.31. The van der Waals surface area contributed by atoms with E-state index in [-0.39, 0.29) is 11.8 Å². The molecule has 0 saturated carbocycles. The normalized spacial score (nSPS) is 15.6. The van der Waals surface area contributed by atoms with Crippen LogP contribution in [0.15, 0.2) is 40.2 Å². The maximum atomic E-state index is 12.6. The summed E-state index contributed by atoms with van der Waals surface area (Å²) in [6.07, 6.45) is 1.67. The lowest BCUT2D eigenvalue weighted by Crippen LogP contribution is -2.37. The molecule has 0 aliphatic carbocycles. The molecule has 4 rings (SSSR count). The average Bonchev–Trinajstić information content (AvgIpc) is 3.37. The number of rotatable bonds is 5. The second kappa shape index (κ2) is 8.24. The number of anilines is 1. The summed E-state index contributed by atoms with van der Waals surface area (Å²) in [5.74, 6) is 1.43. The Labute approximate surface area is 168 Å². The van der Waals surface area contributed by atoms with Crippen molar-refractivity contribution in [3.8, 4) is 10.7 Å². The number of thiophene rings is 1. The summed E-state index contributed by atoms with van der Waals surface area (Å²) < 4.78 is 5.39. The molecule has 146 valence electrons. The molecular weight excluding hydrogens is 372 g/mol. The predicted molar refractivity (Wildman–Crippen MR) is 110 cm³/mol. The third-order valence-electron chi connectivity index (χ3n) is 5.30. The van der Waals surface area contributed by atoms with Crippen molar-refractivity contribution in [3.63, 3.8) is 0 Å². The van der Waals surface area contributed by atoms with E-state index >= 15 is 0 Å². The number of hydrogen-bond acceptors (Lipinski definition) is 6.